The van der Waals surface area contributed by atoms with Crippen LogP contribution in [0, 0.1) is 0 Å². The number of hydrogen-bond acceptors (Lipinski definition) is 2. The van der Waals surface area contributed by atoms with Crippen LogP contribution in [-0.4, -0.2) is 35.3 Å². The van der Waals surface area contributed by atoms with E-state index in [0.29, 0.717) is 0 Å². The Labute approximate surface area is 96.4 Å². The molecule has 1 heterocycles. The standard InChI is InChI=1S/C12H20N2O2/c1-2-3-8-14-10(15)9-13-11(16)12(14)6-4-5-7-12/h2-9H2,1H3,(H,13,16). The number of carbonyl (C=O) groups is 2. The Hall–Kier alpha value is -1.06. The van der Waals surface area contributed by atoms with Crippen molar-refractivity contribution in [3.8, 4) is 0 Å². The molecule has 2 aliphatic rings. The molecule has 0 aromatic rings. The molecule has 0 radical (unpaired) electrons. The summed E-state index contributed by atoms with van der Waals surface area (Å²) in [6.07, 6.45) is 5.84. The Morgan fingerprint density at radius 3 is 2.62 bits per heavy atom. The van der Waals surface area contributed by atoms with Gasteiger partial charge in [0.2, 0.25) is 11.8 Å². The van der Waals surface area contributed by atoms with Crippen LogP contribution in [0.15, 0.2) is 0 Å². The largest absolute Gasteiger partial charge is 0.345 e. The van der Waals surface area contributed by atoms with Gasteiger partial charge >= 0.3 is 0 Å². The average Bonchev–Trinajstić information content (AvgIpc) is 2.75. The lowest BCUT2D eigenvalue weighted by molar-refractivity contribution is -0.153. The molecule has 1 saturated carbocycles. The molecule has 90 valence electrons. The molecule has 2 fully saturated rings. The minimum Gasteiger partial charge on any atom is -0.345 e. The van der Waals surface area contributed by atoms with E-state index in [1.165, 1.54) is 0 Å². The molecule has 0 atom stereocenters. The normalized spacial score (nSPS) is 23.9. The summed E-state index contributed by atoms with van der Waals surface area (Å²) in [6, 6.07) is 0. The summed E-state index contributed by atoms with van der Waals surface area (Å²) in [7, 11) is 0. The quantitative estimate of drug-likeness (QED) is 0.779. The Kier molecular flexibility index (Phi) is 3.17. The average molecular weight is 224 g/mol. The predicted octanol–water partition coefficient (Wildman–Crippen LogP) is 1.06. The minimum atomic E-state index is -0.496. The van der Waals surface area contributed by atoms with E-state index in [0.717, 1.165) is 45.1 Å². The first-order valence-electron chi connectivity index (χ1n) is 6.29. The molecule has 2 rings (SSSR count). The first-order chi connectivity index (χ1) is 7.70. The van der Waals surface area contributed by atoms with Crippen molar-refractivity contribution in [3.63, 3.8) is 0 Å². The lowest BCUT2D eigenvalue weighted by atomic mass is 9.91. The van der Waals surface area contributed by atoms with E-state index in [9.17, 15) is 9.59 Å². The molecule has 1 aliphatic carbocycles. The zero-order valence-electron chi connectivity index (χ0n) is 9.92. The van der Waals surface area contributed by atoms with Gasteiger partial charge in [0, 0.05) is 6.54 Å². The van der Waals surface area contributed by atoms with E-state index < -0.39 is 5.54 Å². The van der Waals surface area contributed by atoms with Crippen molar-refractivity contribution in [1.82, 2.24) is 10.2 Å². The fraction of sp³-hybridized carbons (Fsp3) is 0.833. The van der Waals surface area contributed by atoms with Crippen LogP contribution in [0.3, 0.4) is 0 Å². The SMILES string of the molecule is CCCCN1C(=O)CNC(=O)C12CCCC2. The highest BCUT2D eigenvalue weighted by Gasteiger charge is 2.50. The molecular formula is C12H20N2O2. The second-order valence-corrected chi connectivity index (χ2v) is 4.82. The smallest absolute Gasteiger partial charge is 0.246 e. The van der Waals surface area contributed by atoms with E-state index in [4.69, 9.17) is 0 Å². The lowest BCUT2D eigenvalue weighted by Crippen LogP contribution is -2.66. The molecule has 4 nitrogen and oxygen atoms in total. The van der Waals surface area contributed by atoms with Gasteiger partial charge in [0.15, 0.2) is 0 Å². The van der Waals surface area contributed by atoms with Gasteiger partial charge in [-0.25, -0.2) is 0 Å². The summed E-state index contributed by atoms with van der Waals surface area (Å²) in [4.78, 5) is 25.8. The van der Waals surface area contributed by atoms with Crippen LogP contribution in [0.1, 0.15) is 45.4 Å². The fourth-order valence-corrected chi connectivity index (χ4v) is 2.89. The maximum atomic E-state index is 12.0. The number of nitrogens with one attached hydrogen (secondary N) is 1. The molecule has 1 aliphatic heterocycles. The van der Waals surface area contributed by atoms with Gasteiger partial charge in [0.1, 0.15) is 5.54 Å². The first kappa shape index (κ1) is 11.4. The molecule has 2 amide bonds. The van der Waals surface area contributed by atoms with E-state index in [1.54, 1.807) is 0 Å². The molecule has 1 spiro atoms. The van der Waals surface area contributed by atoms with Crippen molar-refractivity contribution in [2.24, 2.45) is 0 Å². The summed E-state index contributed by atoms with van der Waals surface area (Å²) < 4.78 is 0. The monoisotopic (exact) mass is 224 g/mol. The summed E-state index contributed by atoms with van der Waals surface area (Å²) in [6.45, 7) is 3.03. The van der Waals surface area contributed by atoms with Crippen molar-refractivity contribution in [3.05, 3.63) is 0 Å². The van der Waals surface area contributed by atoms with Crippen LogP contribution in [0.25, 0.3) is 0 Å². The summed E-state index contributed by atoms with van der Waals surface area (Å²) >= 11 is 0. The van der Waals surface area contributed by atoms with Crippen LogP contribution in [0.5, 0.6) is 0 Å². The molecule has 0 aromatic heterocycles. The predicted molar refractivity (Wildman–Crippen MR) is 60.8 cm³/mol. The molecule has 0 bridgehead atoms. The van der Waals surface area contributed by atoms with Crippen LogP contribution < -0.4 is 5.32 Å². The zero-order valence-corrected chi connectivity index (χ0v) is 9.92. The highest BCUT2D eigenvalue weighted by Crippen LogP contribution is 2.37. The summed E-state index contributed by atoms with van der Waals surface area (Å²) in [5.74, 6) is 0.163. The molecule has 1 saturated heterocycles. The van der Waals surface area contributed by atoms with Crippen molar-refractivity contribution in [2.75, 3.05) is 13.1 Å². The van der Waals surface area contributed by atoms with E-state index >= 15 is 0 Å². The Bertz CT molecular complexity index is 295. The third-order valence-corrected chi connectivity index (χ3v) is 3.81. The summed E-state index contributed by atoms with van der Waals surface area (Å²) in [5.41, 5.74) is -0.496. The third kappa shape index (κ3) is 1.70. The maximum Gasteiger partial charge on any atom is 0.246 e. The molecule has 16 heavy (non-hydrogen) atoms. The Morgan fingerprint density at radius 2 is 2.00 bits per heavy atom. The van der Waals surface area contributed by atoms with Gasteiger partial charge in [-0.3, -0.25) is 9.59 Å². The zero-order chi connectivity index (χ0) is 11.6. The van der Waals surface area contributed by atoms with Crippen LogP contribution >= 0.6 is 0 Å². The highest BCUT2D eigenvalue weighted by molar-refractivity contribution is 5.98. The van der Waals surface area contributed by atoms with Gasteiger partial charge in [-0.15, -0.1) is 0 Å². The number of unbranched alkanes of at least 4 members (excludes halogenated alkanes) is 1. The maximum absolute atomic E-state index is 12.0. The number of nitrogens with zero attached hydrogens (tertiary/aromatic N) is 1. The second-order valence-electron chi connectivity index (χ2n) is 4.82. The topological polar surface area (TPSA) is 49.4 Å². The third-order valence-electron chi connectivity index (χ3n) is 3.81. The highest BCUT2D eigenvalue weighted by atomic mass is 16.2. The van der Waals surface area contributed by atoms with Gasteiger partial charge in [0.05, 0.1) is 6.54 Å². The summed E-state index contributed by atoms with van der Waals surface area (Å²) in [5, 5.41) is 2.74. The number of piperazine rings is 1. The van der Waals surface area contributed by atoms with E-state index in [-0.39, 0.29) is 18.4 Å². The lowest BCUT2D eigenvalue weighted by Gasteiger charge is -2.43. The van der Waals surface area contributed by atoms with Gasteiger partial charge < -0.3 is 10.2 Å². The number of amides is 2. The van der Waals surface area contributed by atoms with Gasteiger partial charge in [-0.2, -0.15) is 0 Å². The van der Waals surface area contributed by atoms with Crippen molar-refractivity contribution in [2.45, 2.75) is 51.0 Å². The van der Waals surface area contributed by atoms with Crippen LogP contribution in [0.4, 0.5) is 0 Å². The number of rotatable bonds is 3. The van der Waals surface area contributed by atoms with E-state index in [2.05, 4.69) is 12.2 Å². The second kappa shape index (κ2) is 4.44. The molecular weight excluding hydrogens is 204 g/mol. The molecule has 0 aromatic carbocycles. The van der Waals surface area contributed by atoms with E-state index in [1.807, 2.05) is 4.90 Å². The van der Waals surface area contributed by atoms with Crippen LogP contribution in [0.2, 0.25) is 0 Å². The minimum absolute atomic E-state index is 0.0701. The molecule has 0 unspecified atom stereocenters. The molecule has 4 heteroatoms. The van der Waals surface area contributed by atoms with Crippen molar-refractivity contribution in [1.29, 1.82) is 0 Å². The van der Waals surface area contributed by atoms with Crippen molar-refractivity contribution >= 4 is 11.8 Å². The van der Waals surface area contributed by atoms with Gasteiger partial charge in [-0.05, 0) is 19.3 Å². The molecule has 1 N–H and O–H groups in total. The Morgan fingerprint density at radius 1 is 1.31 bits per heavy atom. The van der Waals surface area contributed by atoms with Crippen molar-refractivity contribution < 1.29 is 9.59 Å². The van der Waals surface area contributed by atoms with Crippen LogP contribution in [-0.2, 0) is 9.59 Å². The number of hydrogen-bond donors (Lipinski definition) is 1. The van der Waals surface area contributed by atoms with Gasteiger partial charge in [0.25, 0.3) is 0 Å². The first-order valence-corrected chi connectivity index (χ1v) is 6.29. The number of carbonyl (C=O) groups excluding carboxylic acids is 2. The Balaban J connectivity index is 2.19. The van der Waals surface area contributed by atoms with Gasteiger partial charge in [-0.1, -0.05) is 26.2 Å². The fourth-order valence-electron chi connectivity index (χ4n) is 2.89.